The molecule has 0 saturated carbocycles. The SMILES string of the molecule is CN(CCOc1cccc(-c2cccc(CNCC[C@H]3CN(c4ccc5c(n4)NC(=O)CO5)C(=O)O3)c2)c1)C(=O)OC(C)(C)C. The van der Waals surface area contributed by atoms with Gasteiger partial charge in [0.15, 0.2) is 18.2 Å². The Labute approximate surface area is 262 Å². The third-order valence-corrected chi connectivity index (χ3v) is 7.08. The summed E-state index contributed by atoms with van der Waals surface area (Å²) in [5, 5.41) is 6.10. The fraction of sp³-hybridized carbons (Fsp3) is 0.394. The van der Waals surface area contributed by atoms with Crippen LogP contribution in [0.1, 0.15) is 32.8 Å². The van der Waals surface area contributed by atoms with Gasteiger partial charge in [0.1, 0.15) is 29.9 Å². The van der Waals surface area contributed by atoms with Crippen molar-refractivity contribution in [3.63, 3.8) is 0 Å². The van der Waals surface area contributed by atoms with Gasteiger partial charge in [-0.15, -0.1) is 0 Å². The van der Waals surface area contributed by atoms with E-state index < -0.39 is 11.7 Å². The first-order valence-corrected chi connectivity index (χ1v) is 14.9. The number of carbonyl (C=O) groups is 3. The van der Waals surface area contributed by atoms with E-state index in [-0.39, 0.29) is 24.7 Å². The summed E-state index contributed by atoms with van der Waals surface area (Å²) in [5.74, 6) is 1.60. The van der Waals surface area contributed by atoms with Gasteiger partial charge in [0.25, 0.3) is 5.91 Å². The number of anilines is 2. The first-order chi connectivity index (χ1) is 21.5. The zero-order chi connectivity index (χ0) is 32.0. The third-order valence-electron chi connectivity index (χ3n) is 7.08. The van der Waals surface area contributed by atoms with Gasteiger partial charge in [-0.25, -0.2) is 14.6 Å². The number of nitrogens with zero attached hydrogens (tertiary/aromatic N) is 3. The quantitative estimate of drug-likeness (QED) is 0.291. The maximum atomic E-state index is 12.5. The second-order valence-corrected chi connectivity index (χ2v) is 11.9. The van der Waals surface area contributed by atoms with Crippen LogP contribution < -0.4 is 25.0 Å². The fourth-order valence-corrected chi connectivity index (χ4v) is 4.82. The molecular weight excluding hydrogens is 578 g/mol. The Bertz CT molecular complexity index is 1540. The van der Waals surface area contributed by atoms with Crippen LogP contribution in [0.4, 0.5) is 21.2 Å². The Morgan fingerprint density at radius 3 is 2.69 bits per heavy atom. The minimum absolute atomic E-state index is 0.0562. The number of aromatic nitrogens is 1. The van der Waals surface area contributed by atoms with Crippen molar-refractivity contribution in [2.24, 2.45) is 0 Å². The van der Waals surface area contributed by atoms with Crippen LogP contribution in [-0.2, 0) is 20.8 Å². The Morgan fingerprint density at radius 2 is 1.89 bits per heavy atom. The molecule has 1 saturated heterocycles. The lowest BCUT2D eigenvalue weighted by atomic mass is 10.0. The lowest BCUT2D eigenvalue weighted by Crippen LogP contribution is -2.36. The second-order valence-electron chi connectivity index (χ2n) is 11.9. The number of fused-ring (bicyclic) bond motifs is 1. The molecule has 3 heterocycles. The van der Waals surface area contributed by atoms with Crippen LogP contribution in [0.25, 0.3) is 11.1 Å². The number of rotatable bonds is 11. The molecule has 1 fully saturated rings. The topological polar surface area (TPSA) is 132 Å². The van der Waals surface area contributed by atoms with E-state index in [4.69, 9.17) is 18.9 Å². The van der Waals surface area contributed by atoms with Crippen molar-refractivity contribution in [1.29, 1.82) is 0 Å². The van der Waals surface area contributed by atoms with Crippen molar-refractivity contribution in [3.05, 3.63) is 66.2 Å². The first kappa shape index (κ1) is 31.6. The molecule has 1 atom stereocenters. The molecule has 0 radical (unpaired) electrons. The summed E-state index contributed by atoms with van der Waals surface area (Å²) < 4.78 is 22.2. The smallest absolute Gasteiger partial charge is 0.415 e. The van der Waals surface area contributed by atoms with Gasteiger partial charge in [-0.05, 0) is 80.8 Å². The normalized spacial score (nSPS) is 15.9. The average molecular weight is 618 g/mol. The van der Waals surface area contributed by atoms with E-state index in [9.17, 15) is 14.4 Å². The number of amides is 3. The van der Waals surface area contributed by atoms with Crippen LogP contribution >= 0.6 is 0 Å². The van der Waals surface area contributed by atoms with Gasteiger partial charge in [0.05, 0.1) is 13.1 Å². The lowest BCUT2D eigenvalue weighted by molar-refractivity contribution is -0.118. The number of carbonyl (C=O) groups excluding carboxylic acids is 3. The zero-order valence-electron chi connectivity index (χ0n) is 26.0. The van der Waals surface area contributed by atoms with E-state index in [1.54, 1.807) is 19.2 Å². The molecule has 238 valence electrons. The number of cyclic esters (lactones) is 1. The highest BCUT2D eigenvalue weighted by atomic mass is 16.6. The first-order valence-electron chi connectivity index (χ1n) is 14.9. The molecule has 3 aromatic rings. The number of ether oxygens (including phenoxy) is 4. The Morgan fingerprint density at radius 1 is 1.11 bits per heavy atom. The fourth-order valence-electron chi connectivity index (χ4n) is 4.82. The molecule has 45 heavy (non-hydrogen) atoms. The molecule has 2 aromatic carbocycles. The van der Waals surface area contributed by atoms with Gasteiger partial charge in [0, 0.05) is 13.6 Å². The third kappa shape index (κ3) is 8.63. The second kappa shape index (κ2) is 13.9. The molecule has 12 nitrogen and oxygen atoms in total. The maximum absolute atomic E-state index is 12.5. The molecule has 2 aliphatic heterocycles. The molecular formula is C33H39N5O7. The lowest BCUT2D eigenvalue weighted by Gasteiger charge is -2.24. The van der Waals surface area contributed by atoms with Gasteiger partial charge in [-0.3, -0.25) is 9.69 Å². The minimum Gasteiger partial charge on any atom is -0.492 e. The van der Waals surface area contributed by atoms with Crippen molar-refractivity contribution in [2.45, 2.75) is 45.4 Å². The van der Waals surface area contributed by atoms with Crippen molar-refractivity contribution < 1.29 is 33.3 Å². The van der Waals surface area contributed by atoms with E-state index in [1.807, 2.05) is 51.1 Å². The van der Waals surface area contributed by atoms with Crippen LogP contribution in [0.5, 0.6) is 11.5 Å². The molecule has 3 amide bonds. The molecule has 1 aromatic heterocycles. The Kier molecular flexibility index (Phi) is 9.72. The summed E-state index contributed by atoms with van der Waals surface area (Å²) in [4.78, 5) is 43.6. The predicted molar refractivity (Wildman–Crippen MR) is 169 cm³/mol. The zero-order valence-corrected chi connectivity index (χ0v) is 26.0. The summed E-state index contributed by atoms with van der Waals surface area (Å²) in [6.45, 7) is 7.87. The number of likely N-dealkylation sites (N-methyl/N-ethyl adjacent to an activating group) is 1. The van der Waals surface area contributed by atoms with E-state index in [0.29, 0.717) is 56.6 Å². The maximum Gasteiger partial charge on any atom is 0.415 e. The predicted octanol–water partition coefficient (Wildman–Crippen LogP) is 4.83. The summed E-state index contributed by atoms with van der Waals surface area (Å²) in [6, 6.07) is 19.5. The van der Waals surface area contributed by atoms with E-state index in [0.717, 1.165) is 22.4 Å². The standard InChI is InChI=1S/C33H39N5O7/c1-33(2,3)45-31(40)37(4)15-16-42-25-10-6-9-24(18-25)23-8-5-7-22(17-23)19-34-14-13-26-20-38(32(41)44-26)28-12-11-27-30(35-28)36-29(39)21-43-27/h5-12,17-18,26,34H,13-16,19-21H2,1-4H3,(H,35,36,39)/t26-/m0/s1. The molecule has 2 aliphatic rings. The van der Waals surface area contributed by atoms with Gasteiger partial charge < -0.3 is 34.5 Å². The summed E-state index contributed by atoms with van der Waals surface area (Å²) in [5.41, 5.74) is 2.66. The van der Waals surface area contributed by atoms with E-state index in [2.05, 4.69) is 33.8 Å². The van der Waals surface area contributed by atoms with Crippen molar-refractivity contribution in [2.75, 3.05) is 50.1 Å². The largest absolute Gasteiger partial charge is 0.492 e. The van der Waals surface area contributed by atoms with E-state index in [1.165, 1.54) is 9.80 Å². The number of nitrogens with one attached hydrogen (secondary N) is 2. The van der Waals surface area contributed by atoms with Crippen LogP contribution in [0.3, 0.4) is 0 Å². The van der Waals surface area contributed by atoms with Crippen LogP contribution in [0, 0.1) is 0 Å². The summed E-state index contributed by atoms with van der Waals surface area (Å²) in [7, 11) is 1.69. The molecule has 0 spiro atoms. The van der Waals surface area contributed by atoms with Gasteiger partial charge in [-0.2, -0.15) is 0 Å². The number of hydrogen-bond acceptors (Lipinski definition) is 9. The molecule has 5 rings (SSSR count). The summed E-state index contributed by atoms with van der Waals surface area (Å²) in [6.07, 6.45) is -0.502. The van der Waals surface area contributed by atoms with Crippen molar-refractivity contribution >= 4 is 29.7 Å². The summed E-state index contributed by atoms with van der Waals surface area (Å²) >= 11 is 0. The van der Waals surface area contributed by atoms with Crippen LogP contribution in [0.15, 0.2) is 60.7 Å². The number of pyridine rings is 1. The van der Waals surface area contributed by atoms with Gasteiger partial charge in [-0.1, -0.05) is 30.3 Å². The monoisotopic (exact) mass is 617 g/mol. The van der Waals surface area contributed by atoms with Gasteiger partial charge >= 0.3 is 12.2 Å². The molecule has 0 bridgehead atoms. The Hall–Kier alpha value is -4.84. The highest BCUT2D eigenvalue weighted by Crippen LogP contribution is 2.30. The van der Waals surface area contributed by atoms with Gasteiger partial charge in [0.2, 0.25) is 0 Å². The minimum atomic E-state index is -0.544. The van der Waals surface area contributed by atoms with Crippen molar-refractivity contribution in [3.8, 4) is 22.6 Å². The van der Waals surface area contributed by atoms with Crippen LogP contribution in [-0.4, -0.2) is 79.6 Å². The van der Waals surface area contributed by atoms with Crippen molar-refractivity contribution in [1.82, 2.24) is 15.2 Å². The van der Waals surface area contributed by atoms with Crippen LogP contribution in [0.2, 0.25) is 0 Å². The highest BCUT2D eigenvalue weighted by molar-refractivity contribution is 5.95. The molecule has 0 unspecified atom stereocenters. The highest BCUT2D eigenvalue weighted by Gasteiger charge is 2.33. The molecule has 2 N–H and O–H groups in total. The molecule has 12 heteroatoms. The molecule has 0 aliphatic carbocycles. The Balaban J connectivity index is 1.07. The number of benzene rings is 2. The average Bonchev–Trinajstić information content (AvgIpc) is 3.38. The van der Waals surface area contributed by atoms with E-state index >= 15 is 0 Å². The number of hydrogen-bond donors (Lipinski definition) is 2.